The number of carboxylic acids is 2. The lowest BCUT2D eigenvalue weighted by atomic mass is 10.00. The van der Waals surface area contributed by atoms with E-state index < -0.39 is 11.9 Å². The van der Waals surface area contributed by atoms with E-state index in [1.54, 1.807) is 10.8 Å². The van der Waals surface area contributed by atoms with Crippen molar-refractivity contribution >= 4 is 17.6 Å². The third-order valence-corrected chi connectivity index (χ3v) is 6.44. The molecule has 0 atom stereocenters. The first-order valence-corrected chi connectivity index (χ1v) is 13.4. The molecule has 0 saturated carbocycles. The summed E-state index contributed by atoms with van der Waals surface area (Å²) < 4.78 is 14.1. The van der Waals surface area contributed by atoms with E-state index in [2.05, 4.69) is 80.9 Å². The highest BCUT2D eigenvalue weighted by molar-refractivity contribution is 5.89. The van der Waals surface area contributed by atoms with Crippen LogP contribution in [-0.4, -0.2) is 79.2 Å². The van der Waals surface area contributed by atoms with Gasteiger partial charge in [0.2, 0.25) is 5.88 Å². The third-order valence-electron chi connectivity index (χ3n) is 6.44. The lowest BCUT2D eigenvalue weighted by molar-refractivity contribution is -0.134. The van der Waals surface area contributed by atoms with Crippen molar-refractivity contribution in [3.8, 4) is 5.88 Å². The van der Waals surface area contributed by atoms with Crippen molar-refractivity contribution in [3.63, 3.8) is 0 Å². The molecule has 3 heterocycles. The zero-order valence-electron chi connectivity index (χ0n) is 22.5. The molecule has 0 aliphatic carbocycles. The molecular weight excluding hydrogens is 526 g/mol. The van der Waals surface area contributed by atoms with Crippen LogP contribution in [-0.2, 0) is 14.3 Å². The van der Waals surface area contributed by atoms with Crippen LogP contribution in [0.1, 0.15) is 36.5 Å². The van der Waals surface area contributed by atoms with Crippen LogP contribution < -0.4 is 4.74 Å². The maximum atomic E-state index is 9.55. The summed E-state index contributed by atoms with van der Waals surface area (Å²) in [5.74, 6) is -1.91. The van der Waals surface area contributed by atoms with Gasteiger partial charge in [0.05, 0.1) is 12.7 Å². The van der Waals surface area contributed by atoms with Crippen molar-refractivity contribution < 1.29 is 29.3 Å². The second-order valence-corrected chi connectivity index (χ2v) is 9.40. The Balaban J connectivity index is 0.000000426. The topological polar surface area (TPSA) is 139 Å². The molecule has 1 saturated heterocycles. The van der Waals surface area contributed by atoms with E-state index in [-0.39, 0.29) is 12.2 Å². The minimum Gasteiger partial charge on any atom is -0.478 e. The summed E-state index contributed by atoms with van der Waals surface area (Å²) in [5, 5.41) is 27.8. The monoisotopic (exact) mass is 559 g/mol. The van der Waals surface area contributed by atoms with E-state index in [1.807, 2.05) is 12.1 Å². The Morgan fingerprint density at radius 3 is 2.10 bits per heavy atom. The molecule has 1 fully saturated rings. The van der Waals surface area contributed by atoms with E-state index in [1.165, 1.54) is 11.1 Å². The number of hydrogen-bond acceptors (Lipinski definition) is 8. The highest BCUT2D eigenvalue weighted by atomic mass is 16.5. The number of hydrogen-bond donors (Lipinski definition) is 2. The van der Waals surface area contributed by atoms with Crippen LogP contribution in [0.3, 0.4) is 0 Å². The molecule has 2 N–H and O–H groups in total. The van der Waals surface area contributed by atoms with Crippen LogP contribution in [0.2, 0.25) is 0 Å². The highest BCUT2D eigenvalue weighted by Gasteiger charge is 2.24. The number of ether oxygens (including phenoxy) is 2. The van der Waals surface area contributed by atoms with Gasteiger partial charge in [0.25, 0.3) is 0 Å². The standard InChI is InChI=1S/C26H29N5O2.C4H4O4/c1-3-8-21(9-4-1)26(22-10-5-2-6-11-22)33-23-14-17-30(18-15-23)16-7-19-32-25-13-12-24-28-27-20-31(24)29-25;5-3(6)1-2-4(7)8/h1-6,8-13,20,23,26H,7,14-19H2;1-2H,(H,5,6)(H,7,8)/b;2-1+. The van der Waals surface area contributed by atoms with Crippen LogP contribution in [0, 0.1) is 0 Å². The molecule has 1 aliphatic heterocycles. The molecule has 4 aromatic rings. The molecule has 0 radical (unpaired) electrons. The molecular formula is C30H33N5O6. The van der Waals surface area contributed by atoms with Gasteiger partial charge < -0.3 is 24.6 Å². The largest absolute Gasteiger partial charge is 0.478 e. The maximum Gasteiger partial charge on any atom is 0.328 e. The summed E-state index contributed by atoms with van der Waals surface area (Å²) in [6.45, 7) is 3.75. The van der Waals surface area contributed by atoms with E-state index in [4.69, 9.17) is 19.7 Å². The molecule has 11 heteroatoms. The molecule has 0 spiro atoms. The summed E-state index contributed by atoms with van der Waals surface area (Å²) in [6.07, 6.45) is 5.99. The molecule has 2 aromatic carbocycles. The maximum absolute atomic E-state index is 9.55. The molecule has 41 heavy (non-hydrogen) atoms. The number of benzene rings is 2. The second-order valence-electron chi connectivity index (χ2n) is 9.40. The Morgan fingerprint density at radius 1 is 0.902 bits per heavy atom. The first kappa shape index (κ1) is 29.4. The number of nitrogens with zero attached hydrogens (tertiary/aromatic N) is 5. The Kier molecular flexibility index (Phi) is 10.9. The van der Waals surface area contributed by atoms with Crippen molar-refractivity contribution in [1.29, 1.82) is 0 Å². The van der Waals surface area contributed by atoms with Gasteiger partial charge in [-0.2, -0.15) is 4.52 Å². The van der Waals surface area contributed by atoms with Gasteiger partial charge in [-0.05, 0) is 36.5 Å². The minimum atomic E-state index is -1.26. The smallest absolute Gasteiger partial charge is 0.328 e. The van der Waals surface area contributed by atoms with Gasteiger partial charge in [-0.3, -0.25) is 0 Å². The van der Waals surface area contributed by atoms with Crippen LogP contribution in [0.25, 0.3) is 5.65 Å². The van der Waals surface area contributed by atoms with Gasteiger partial charge >= 0.3 is 11.9 Å². The molecule has 5 rings (SSSR count). The zero-order chi connectivity index (χ0) is 28.9. The number of piperidine rings is 1. The van der Waals surface area contributed by atoms with Crippen LogP contribution in [0.15, 0.2) is 91.3 Å². The summed E-state index contributed by atoms with van der Waals surface area (Å²) in [7, 11) is 0. The fourth-order valence-electron chi connectivity index (χ4n) is 4.46. The van der Waals surface area contributed by atoms with Gasteiger partial charge in [-0.1, -0.05) is 60.7 Å². The van der Waals surface area contributed by atoms with Crippen LogP contribution >= 0.6 is 0 Å². The Labute approximate surface area is 237 Å². The molecule has 1 aliphatic rings. The van der Waals surface area contributed by atoms with E-state index in [9.17, 15) is 9.59 Å². The average Bonchev–Trinajstić information content (AvgIpc) is 3.47. The number of fused-ring (bicyclic) bond motifs is 1. The van der Waals surface area contributed by atoms with Gasteiger partial charge in [0, 0.05) is 37.9 Å². The Bertz CT molecular complexity index is 1350. The van der Waals surface area contributed by atoms with E-state index in [0.717, 1.165) is 38.9 Å². The number of aliphatic carboxylic acids is 2. The fraction of sp³-hybridized carbons (Fsp3) is 0.300. The first-order valence-electron chi connectivity index (χ1n) is 13.4. The molecule has 2 aromatic heterocycles. The summed E-state index contributed by atoms with van der Waals surface area (Å²) in [6, 6.07) is 24.8. The molecule has 0 amide bonds. The van der Waals surface area contributed by atoms with Crippen LogP contribution in [0.4, 0.5) is 0 Å². The second kappa shape index (κ2) is 15.2. The molecule has 0 bridgehead atoms. The number of likely N-dealkylation sites (tertiary alicyclic amines) is 1. The van der Waals surface area contributed by atoms with E-state index >= 15 is 0 Å². The molecule has 214 valence electrons. The predicted octanol–water partition coefficient (Wildman–Crippen LogP) is 3.88. The van der Waals surface area contributed by atoms with Gasteiger partial charge in [0.15, 0.2) is 5.65 Å². The van der Waals surface area contributed by atoms with Gasteiger partial charge in [-0.15, -0.1) is 15.3 Å². The van der Waals surface area contributed by atoms with E-state index in [0.29, 0.717) is 30.3 Å². The summed E-state index contributed by atoms with van der Waals surface area (Å²) in [4.78, 5) is 21.6. The number of carboxylic acid groups (broad SMARTS) is 2. The van der Waals surface area contributed by atoms with Crippen molar-refractivity contribution in [1.82, 2.24) is 24.7 Å². The van der Waals surface area contributed by atoms with Gasteiger partial charge in [0.1, 0.15) is 12.4 Å². The quantitative estimate of drug-likeness (QED) is 0.206. The van der Waals surface area contributed by atoms with Crippen molar-refractivity contribution in [2.24, 2.45) is 0 Å². The third kappa shape index (κ3) is 9.52. The molecule has 0 unspecified atom stereocenters. The van der Waals surface area contributed by atoms with Gasteiger partial charge in [-0.25, -0.2) is 9.59 Å². The minimum absolute atomic E-state index is 0.0205. The Hall–Kier alpha value is -4.61. The van der Waals surface area contributed by atoms with Crippen molar-refractivity contribution in [2.45, 2.75) is 31.5 Å². The normalized spacial score (nSPS) is 14.2. The number of rotatable bonds is 11. The SMILES string of the molecule is O=C(O)/C=C/C(=O)O.c1ccc(C(OC2CCN(CCCOc3ccc4nncn4n3)CC2)c2ccccc2)cc1. The molecule has 11 nitrogen and oxygen atoms in total. The fourth-order valence-corrected chi connectivity index (χ4v) is 4.46. The summed E-state index contributed by atoms with van der Waals surface area (Å²) in [5.41, 5.74) is 3.14. The number of carbonyl (C=O) groups is 2. The lowest BCUT2D eigenvalue weighted by Crippen LogP contribution is -2.38. The van der Waals surface area contributed by atoms with Crippen molar-refractivity contribution in [2.75, 3.05) is 26.2 Å². The van der Waals surface area contributed by atoms with Crippen molar-refractivity contribution in [3.05, 3.63) is 102 Å². The Morgan fingerprint density at radius 2 is 1.51 bits per heavy atom. The average molecular weight is 560 g/mol. The van der Waals surface area contributed by atoms with Crippen LogP contribution in [0.5, 0.6) is 5.88 Å². The highest BCUT2D eigenvalue weighted by Crippen LogP contribution is 2.30. The predicted molar refractivity (Wildman–Crippen MR) is 151 cm³/mol. The first-order chi connectivity index (χ1) is 20.0. The summed E-state index contributed by atoms with van der Waals surface area (Å²) >= 11 is 0. The number of aromatic nitrogens is 4. The zero-order valence-corrected chi connectivity index (χ0v) is 22.5. The lowest BCUT2D eigenvalue weighted by Gasteiger charge is -2.34.